The summed E-state index contributed by atoms with van der Waals surface area (Å²) in [5, 5.41) is 2.80. The van der Waals surface area contributed by atoms with Gasteiger partial charge in [-0.25, -0.2) is 8.42 Å². The van der Waals surface area contributed by atoms with Crippen molar-refractivity contribution in [2.75, 3.05) is 23.8 Å². The molecule has 0 unspecified atom stereocenters. The first-order valence-corrected chi connectivity index (χ1v) is 11.3. The minimum Gasteiger partial charge on any atom is -0.497 e. The monoisotopic (exact) mass is 488 g/mol. The fourth-order valence-corrected chi connectivity index (χ4v) is 4.64. The number of ether oxygens (including phenoxy) is 1. The highest BCUT2D eigenvalue weighted by atomic mass is 79.9. The van der Waals surface area contributed by atoms with Crippen molar-refractivity contribution < 1.29 is 17.9 Å². The van der Waals surface area contributed by atoms with E-state index >= 15 is 0 Å². The normalized spacial score (nSPS) is 11.1. The van der Waals surface area contributed by atoms with Gasteiger partial charge in [-0.3, -0.25) is 9.10 Å². The number of carbonyl (C=O) groups excluding carboxylic acids is 1. The van der Waals surface area contributed by atoms with Gasteiger partial charge in [-0.1, -0.05) is 12.1 Å². The van der Waals surface area contributed by atoms with E-state index in [-0.39, 0.29) is 10.5 Å². The van der Waals surface area contributed by atoms with Gasteiger partial charge >= 0.3 is 0 Å². The smallest absolute Gasteiger partial charge is 0.264 e. The fraction of sp³-hybridized carbons (Fsp3) is 0.136. The Labute approximate surface area is 184 Å². The fourth-order valence-electron chi connectivity index (χ4n) is 2.80. The molecule has 0 spiro atoms. The van der Waals surface area contributed by atoms with Gasteiger partial charge in [-0.15, -0.1) is 0 Å². The molecule has 0 aliphatic heterocycles. The summed E-state index contributed by atoms with van der Waals surface area (Å²) in [7, 11) is -0.843. The third kappa shape index (κ3) is 4.66. The molecule has 3 aromatic carbocycles. The van der Waals surface area contributed by atoms with Crippen LogP contribution in [0, 0.1) is 6.92 Å². The molecule has 1 N–H and O–H groups in total. The first-order chi connectivity index (χ1) is 14.2. The molecule has 0 atom stereocenters. The molecule has 8 heteroatoms. The number of rotatable bonds is 6. The molecule has 6 nitrogen and oxygen atoms in total. The van der Waals surface area contributed by atoms with E-state index in [1.807, 2.05) is 19.1 Å². The van der Waals surface area contributed by atoms with Gasteiger partial charge in [0.05, 0.1) is 23.4 Å². The summed E-state index contributed by atoms with van der Waals surface area (Å²) in [6.45, 7) is 1.95. The van der Waals surface area contributed by atoms with Crippen LogP contribution in [0.4, 0.5) is 11.4 Å². The van der Waals surface area contributed by atoms with Crippen molar-refractivity contribution >= 4 is 43.2 Å². The van der Waals surface area contributed by atoms with Crippen LogP contribution in [0.2, 0.25) is 0 Å². The number of sulfonamides is 1. The van der Waals surface area contributed by atoms with Crippen molar-refractivity contribution in [3.05, 3.63) is 82.3 Å². The summed E-state index contributed by atoms with van der Waals surface area (Å²) in [5.41, 5.74) is 2.38. The Balaban J connectivity index is 1.86. The zero-order valence-electron chi connectivity index (χ0n) is 16.7. The summed E-state index contributed by atoms with van der Waals surface area (Å²) in [4.78, 5) is 12.7. The molecule has 1 amide bonds. The molecule has 0 saturated heterocycles. The number of hydrogen-bond donors (Lipinski definition) is 1. The van der Waals surface area contributed by atoms with Gasteiger partial charge in [0.15, 0.2) is 0 Å². The van der Waals surface area contributed by atoms with Crippen LogP contribution in [-0.2, 0) is 10.0 Å². The summed E-state index contributed by atoms with van der Waals surface area (Å²) >= 11 is 3.42. The van der Waals surface area contributed by atoms with E-state index in [1.54, 1.807) is 49.6 Å². The summed E-state index contributed by atoms with van der Waals surface area (Å²) in [5.74, 6) is 0.231. The molecule has 0 saturated carbocycles. The van der Waals surface area contributed by atoms with Crippen molar-refractivity contribution in [1.29, 1.82) is 0 Å². The molecule has 0 heterocycles. The topological polar surface area (TPSA) is 75.7 Å². The predicted molar refractivity (Wildman–Crippen MR) is 122 cm³/mol. The standard InChI is InChI=1S/C22H21BrN2O4S/c1-15-7-12-21(20(23)13-15)24-22(26)16-5-4-6-19(14-16)30(27,28)25(2)17-8-10-18(29-3)11-9-17/h4-14H,1-3H3,(H,24,26). The molecule has 0 aliphatic carbocycles. The number of carbonyl (C=O) groups is 1. The second-order valence-electron chi connectivity index (χ2n) is 6.64. The highest BCUT2D eigenvalue weighted by Crippen LogP contribution is 2.26. The Morgan fingerprint density at radius 1 is 1.03 bits per heavy atom. The average Bonchev–Trinajstić information content (AvgIpc) is 2.75. The van der Waals surface area contributed by atoms with Gasteiger partial charge in [0, 0.05) is 17.1 Å². The van der Waals surface area contributed by atoms with E-state index in [4.69, 9.17) is 4.74 Å². The van der Waals surface area contributed by atoms with E-state index in [1.165, 1.54) is 23.5 Å². The largest absolute Gasteiger partial charge is 0.497 e. The summed E-state index contributed by atoms with van der Waals surface area (Å²) < 4.78 is 33.2. The number of amides is 1. The Hall–Kier alpha value is -2.84. The first kappa shape index (κ1) is 21.9. The average molecular weight is 489 g/mol. The third-order valence-corrected chi connectivity index (χ3v) is 7.00. The van der Waals surface area contributed by atoms with E-state index < -0.39 is 15.9 Å². The molecular formula is C22H21BrN2O4S. The highest BCUT2D eigenvalue weighted by molar-refractivity contribution is 9.10. The van der Waals surface area contributed by atoms with E-state index in [9.17, 15) is 13.2 Å². The maximum absolute atomic E-state index is 13.1. The zero-order chi connectivity index (χ0) is 21.9. The second-order valence-corrected chi connectivity index (χ2v) is 9.46. The van der Waals surface area contributed by atoms with Crippen LogP contribution < -0.4 is 14.4 Å². The summed E-state index contributed by atoms with van der Waals surface area (Å²) in [6.07, 6.45) is 0. The van der Waals surface area contributed by atoms with Crippen LogP contribution in [-0.4, -0.2) is 28.5 Å². The molecule has 156 valence electrons. The molecule has 0 aromatic heterocycles. The van der Waals surface area contributed by atoms with Gasteiger partial charge in [0.2, 0.25) is 0 Å². The van der Waals surface area contributed by atoms with E-state index in [0.717, 1.165) is 10.0 Å². The number of aryl methyl sites for hydroxylation is 1. The lowest BCUT2D eigenvalue weighted by Gasteiger charge is -2.20. The molecular weight excluding hydrogens is 468 g/mol. The number of hydrogen-bond acceptors (Lipinski definition) is 4. The van der Waals surface area contributed by atoms with Crippen LogP contribution in [0.1, 0.15) is 15.9 Å². The number of methoxy groups -OCH3 is 1. The second kappa shape index (κ2) is 8.89. The molecule has 0 radical (unpaired) electrons. The maximum atomic E-state index is 13.1. The van der Waals surface area contributed by atoms with Crippen LogP contribution >= 0.6 is 15.9 Å². The Morgan fingerprint density at radius 2 is 1.73 bits per heavy atom. The van der Waals surface area contributed by atoms with Gasteiger partial charge in [-0.2, -0.15) is 0 Å². The minimum absolute atomic E-state index is 0.0245. The molecule has 0 aliphatic rings. The van der Waals surface area contributed by atoms with Crippen molar-refractivity contribution in [1.82, 2.24) is 0 Å². The van der Waals surface area contributed by atoms with Crippen molar-refractivity contribution in [2.24, 2.45) is 0 Å². The maximum Gasteiger partial charge on any atom is 0.264 e. The number of anilines is 2. The molecule has 0 bridgehead atoms. The SMILES string of the molecule is COc1ccc(N(C)S(=O)(=O)c2cccc(C(=O)Nc3ccc(C)cc3Br)c2)cc1. The quantitative estimate of drug-likeness (QED) is 0.538. The molecule has 0 fully saturated rings. The number of nitrogens with zero attached hydrogens (tertiary/aromatic N) is 1. The lowest BCUT2D eigenvalue weighted by atomic mass is 10.2. The van der Waals surface area contributed by atoms with Crippen molar-refractivity contribution in [2.45, 2.75) is 11.8 Å². The lowest BCUT2D eigenvalue weighted by molar-refractivity contribution is 0.102. The van der Waals surface area contributed by atoms with E-state index in [0.29, 0.717) is 17.1 Å². The number of halogens is 1. The number of benzene rings is 3. The zero-order valence-corrected chi connectivity index (χ0v) is 19.1. The van der Waals surface area contributed by atoms with Crippen LogP contribution in [0.5, 0.6) is 5.75 Å². The first-order valence-electron chi connectivity index (χ1n) is 9.03. The highest BCUT2D eigenvalue weighted by Gasteiger charge is 2.22. The van der Waals surface area contributed by atoms with Crippen LogP contribution in [0.3, 0.4) is 0 Å². The van der Waals surface area contributed by atoms with Gasteiger partial charge in [0.1, 0.15) is 5.75 Å². The molecule has 3 aromatic rings. The molecule has 30 heavy (non-hydrogen) atoms. The number of nitrogens with one attached hydrogen (secondary N) is 1. The van der Waals surface area contributed by atoms with Crippen LogP contribution in [0.15, 0.2) is 76.1 Å². The lowest BCUT2D eigenvalue weighted by Crippen LogP contribution is -2.26. The summed E-state index contributed by atoms with van der Waals surface area (Å²) in [6, 6.07) is 18.2. The van der Waals surface area contributed by atoms with E-state index in [2.05, 4.69) is 21.2 Å². The Kier molecular flexibility index (Phi) is 6.48. The van der Waals surface area contributed by atoms with Gasteiger partial charge < -0.3 is 10.1 Å². The van der Waals surface area contributed by atoms with Crippen molar-refractivity contribution in [3.63, 3.8) is 0 Å². The van der Waals surface area contributed by atoms with Crippen molar-refractivity contribution in [3.8, 4) is 5.75 Å². The van der Waals surface area contributed by atoms with Gasteiger partial charge in [-0.05, 0) is 83.0 Å². The minimum atomic E-state index is -3.85. The van der Waals surface area contributed by atoms with Gasteiger partial charge in [0.25, 0.3) is 15.9 Å². The molecule has 3 rings (SSSR count). The predicted octanol–water partition coefficient (Wildman–Crippen LogP) is 4.84. The Morgan fingerprint density at radius 3 is 2.37 bits per heavy atom. The Bertz CT molecular complexity index is 1180. The van der Waals surface area contributed by atoms with Crippen LogP contribution in [0.25, 0.3) is 0 Å². The third-order valence-electron chi connectivity index (χ3n) is 4.56.